The van der Waals surface area contributed by atoms with E-state index >= 15 is 0 Å². The van der Waals surface area contributed by atoms with Crippen LogP contribution < -0.4 is 9.47 Å². The first kappa shape index (κ1) is 29.0. The van der Waals surface area contributed by atoms with Gasteiger partial charge in [-0.2, -0.15) is 0 Å². The van der Waals surface area contributed by atoms with Crippen molar-refractivity contribution in [1.29, 1.82) is 0 Å². The Bertz CT molecular complexity index is 1210. The highest BCUT2D eigenvalue weighted by Crippen LogP contribution is 2.32. The second kappa shape index (κ2) is 12.1. The van der Waals surface area contributed by atoms with Gasteiger partial charge in [0.05, 0.1) is 6.04 Å². The molecule has 1 unspecified atom stereocenters. The standard InChI is InChI=1S/C31H42N4O6/c1-22(36)34-21-29(37)33(25-7-5-6-8-26(25)34)16-15-32-13-11-24(12-14-32)35(30(38)41-31(2,3)4)20-23-9-10-27-28(19-23)40-18-17-39-27/h5-7,9-10,19,24,26H,8,11-18,20-21H2,1-4H3. The molecule has 0 saturated carbocycles. The summed E-state index contributed by atoms with van der Waals surface area (Å²) in [5.41, 5.74) is 1.28. The van der Waals surface area contributed by atoms with Crippen LogP contribution in [0.1, 0.15) is 52.5 Å². The number of rotatable bonds is 6. The van der Waals surface area contributed by atoms with E-state index in [1.165, 1.54) is 6.92 Å². The Hall–Kier alpha value is -3.53. The fourth-order valence-corrected chi connectivity index (χ4v) is 5.97. The van der Waals surface area contributed by atoms with Gasteiger partial charge in [-0.25, -0.2) is 4.79 Å². The van der Waals surface area contributed by atoms with Crippen molar-refractivity contribution < 1.29 is 28.6 Å². The van der Waals surface area contributed by atoms with Crippen molar-refractivity contribution in [3.63, 3.8) is 0 Å². The van der Waals surface area contributed by atoms with Crippen LogP contribution in [-0.2, 0) is 20.9 Å². The molecule has 0 N–H and O–H groups in total. The Morgan fingerprint density at radius 2 is 1.80 bits per heavy atom. The van der Waals surface area contributed by atoms with E-state index in [1.807, 2.05) is 67.0 Å². The Labute approximate surface area is 242 Å². The molecule has 3 aliphatic heterocycles. The van der Waals surface area contributed by atoms with Gasteiger partial charge in [0.1, 0.15) is 25.4 Å². The van der Waals surface area contributed by atoms with Crippen molar-refractivity contribution in [1.82, 2.24) is 19.6 Å². The predicted molar refractivity (Wildman–Crippen MR) is 153 cm³/mol. The van der Waals surface area contributed by atoms with Crippen molar-refractivity contribution in [2.75, 3.05) is 45.9 Å². The zero-order valence-corrected chi connectivity index (χ0v) is 24.6. The number of carbonyl (C=O) groups excluding carboxylic acids is 3. The minimum absolute atomic E-state index is 0.0330. The number of hydrogen-bond acceptors (Lipinski definition) is 7. The van der Waals surface area contributed by atoms with Crippen molar-refractivity contribution in [3.05, 3.63) is 47.7 Å². The van der Waals surface area contributed by atoms with Crippen LogP contribution in [-0.4, -0.2) is 101 Å². The van der Waals surface area contributed by atoms with Crippen molar-refractivity contribution in [2.45, 2.75) is 71.2 Å². The Morgan fingerprint density at radius 3 is 2.51 bits per heavy atom. The monoisotopic (exact) mass is 566 g/mol. The largest absolute Gasteiger partial charge is 0.486 e. The van der Waals surface area contributed by atoms with Crippen molar-refractivity contribution >= 4 is 17.9 Å². The van der Waals surface area contributed by atoms with Crippen LogP contribution in [0.5, 0.6) is 11.5 Å². The minimum Gasteiger partial charge on any atom is -0.486 e. The van der Waals surface area contributed by atoms with Crippen molar-refractivity contribution in [2.24, 2.45) is 0 Å². The number of hydrogen-bond donors (Lipinski definition) is 0. The molecule has 1 aromatic rings. The third-order valence-electron chi connectivity index (χ3n) is 8.03. The number of piperazine rings is 1. The number of nitrogens with zero attached hydrogens (tertiary/aromatic N) is 4. The molecule has 5 rings (SSSR count). The number of likely N-dealkylation sites (tertiary alicyclic amines) is 1. The first-order valence-corrected chi connectivity index (χ1v) is 14.6. The maximum Gasteiger partial charge on any atom is 0.410 e. The lowest BCUT2D eigenvalue weighted by Crippen LogP contribution is -2.57. The normalized spacial score (nSPS) is 21.3. The summed E-state index contributed by atoms with van der Waals surface area (Å²) in [4.78, 5) is 46.2. The molecule has 3 heterocycles. The molecule has 41 heavy (non-hydrogen) atoms. The summed E-state index contributed by atoms with van der Waals surface area (Å²) in [6, 6.07) is 5.78. The van der Waals surface area contributed by atoms with Gasteiger partial charge >= 0.3 is 6.09 Å². The van der Waals surface area contributed by atoms with Gasteiger partial charge in [-0.05, 0) is 63.8 Å². The molecule has 1 aromatic carbocycles. The number of ether oxygens (including phenoxy) is 3. The number of fused-ring (bicyclic) bond motifs is 2. The molecule has 10 heteroatoms. The highest BCUT2D eigenvalue weighted by Gasteiger charge is 2.38. The third kappa shape index (κ3) is 6.86. The second-order valence-electron chi connectivity index (χ2n) is 12.1. The van der Waals surface area contributed by atoms with Crippen LogP contribution >= 0.6 is 0 Å². The van der Waals surface area contributed by atoms with Crippen LogP contribution in [0.2, 0.25) is 0 Å². The highest BCUT2D eigenvalue weighted by atomic mass is 16.6. The molecule has 0 spiro atoms. The van der Waals surface area contributed by atoms with E-state index in [9.17, 15) is 14.4 Å². The van der Waals surface area contributed by atoms with Gasteiger partial charge in [0.25, 0.3) is 0 Å². The summed E-state index contributed by atoms with van der Waals surface area (Å²) >= 11 is 0. The van der Waals surface area contributed by atoms with E-state index in [0.29, 0.717) is 32.1 Å². The Kier molecular flexibility index (Phi) is 8.58. The van der Waals surface area contributed by atoms with Crippen LogP contribution in [0.3, 0.4) is 0 Å². The first-order valence-electron chi connectivity index (χ1n) is 14.6. The zero-order valence-electron chi connectivity index (χ0n) is 24.6. The van der Waals surface area contributed by atoms with E-state index in [-0.39, 0.29) is 36.5 Å². The molecule has 3 amide bonds. The van der Waals surface area contributed by atoms with Gasteiger partial charge < -0.3 is 33.8 Å². The van der Waals surface area contributed by atoms with E-state index in [0.717, 1.165) is 55.9 Å². The molecule has 0 aromatic heterocycles. The number of piperidine rings is 1. The fraction of sp³-hybridized carbons (Fsp3) is 0.581. The Balaban J connectivity index is 1.21. The summed E-state index contributed by atoms with van der Waals surface area (Å²) in [6.45, 7) is 11.7. The maximum atomic E-state index is 13.4. The molecule has 222 valence electrons. The topological polar surface area (TPSA) is 91.9 Å². The van der Waals surface area contributed by atoms with Gasteiger partial charge in [0, 0.05) is 51.4 Å². The lowest BCUT2D eigenvalue weighted by atomic mass is 9.98. The van der Waals surface area contributed by atoms with Gasteiger partial charge in [-0.1, -0.05) is 18.2 Å². The molecule has 10 nitrogen and oxygen atoms in total. The minimum atomic E-state index is -0.595. The van der Waals surface area contributed by atoms with E-state index in [4.69, 9.17) is 14.2 Å². The fourth-order valence-electron chi connectivity index (χ4n) is 5.97. The summed E-state index contributed by atoms with van der Waals surface area (Å²) in [5.74, 6) is 1.32. The number of benzene rings is 1. The maximum absolute atomic E-state index is 13.4. The molecule has 2 saturated heterocycles. The molecule has 1 atom stereocenters. The van der Waals surface area contributed by atoms with Gasteiger partial charge in [-0.15, -0.1) is 0 Å². The number of carbonyl (C=O) groups is 3. The molecule has 1 aliphatic carbocycles. The van der Waals surface area contributed by atoms with E-state index in [2.05, 4.69) is 4.90 Å². The van der Waals surface area contributed by atoms with Crippen LogP contribution in [0.15, 0.2) is 42.1 Å². The highest BCUT2D eigenvalue weighted by molar-refractivity contribution is 5.87. The summed E-state index contributed by atoms with van der Waals surface area (Å²) in [5, 5.41) is 0. The van der Waals surface area contributed by atoms with E-state index < -0.39 is 5.60 Å². The molecular formula is C31H42N4O6. The van der Waals surface area contributed by atoms with Crippen LogP contribution in [0.25, 0.3) is 0 Å². The number of amides is 3. The zero-order chi connectivity index (χ0) is 29.1. The smallest absolute Gasteiger partial charge is 0.410 e. The average Bonchev–Trinajstić information content (AvgIpc) is 2.94. The summed E-state index contributed by atoms with van der Waals surface area (Å²) < 4.78 is 17.2. The van der Waals surface area contributed by atoms with Crippen LogP contribution in [0, 0.1) is 0 Å². The SMILES string of the molecule is CC(=O)N1CC(=O)N(CCN2CCC(N(Cc3ccc4c(c3)OCCO4)C(=O)OC(C)(C)C)CC2)C2=CC=CCC21. The number of allylic oxidation sites excluding steroid dienone is 2. The third-order valence-corrected chi connectivity index (χ3v) is 8.03. The average molecular weight is 567 g/mol. The molecule has 4 aliphatic rings. The van der Waals surface area contributed by atoms with Gasteiger partial charge in [0.2, 0.25) is 11.8 Å². The van der Waals surface area contributed by atoms with Crippen molar-refractivity contribution in [3.8, 4) is 11.5 Å². The quantitative estimate of drug-likeness (QED) is 0.520. The van der Waals surface area contributed by atoms with Crippen LogP contribution in [0.4, 0.5) is 4.79 Å². The molecule has 0 bridgehead atoms. The Morgan fingerprint density at radius 1 is 1.07 bits per heavy atom. The summed E-state index contributed by atoms with van der Waals surface area (Å²) in [6.07, 6.45) is 8.00. The predicted octanol–water partition coefficient (Wildman–Crippen LogP) is 3.56. The molecule has 0 radical (unpaired) electrons. The lowest BCUT2D eigenvalue weighted by Gasteiger charge is -2.44. The molecule has 2 fully saturated rings. The van der Waals surface area contributed by atoms with E-state index in [1.54, 1.807) is 4.90 Å². The second-order valence-corrected chi connectivity index (χ2v) is 12.1. The first-order chi connectivity index (χ1) is 19.6. The van der Waals surface area contributed by atoms with Gasteiger partial charge in [0.15, 0.2) is 11.5 Å². The summed E-state index contributed by atoms with van der Waals surface area (Å²) in [7, 11) is 0. The molecular weight excluding hydrogens is 524 g/mol. The lowest BCUT2D eigenvalue weighted by molar-refractivity contribution is -0.144. The van der Waals surface area contributed by atoms with Gasteiger partial charge in [-0.3, -0.25) is 9.59 Å².